The molecule has 0 spiro atoms. The lowest BCUT2D eigenvalue weighted by Crippen LogP contribution is -2.20. The van der Waals surface area contributed by atoms with Crippen LogP contribution in [0.3, 0.4) is 0 Å². The lowest BCUT2D eigenvalue weighted by atomic mass is 10.1. The predicted octanol–water partition coefficient (Wildman–Crippen LogP) is 3.79. The SMILES string of the molecule is COc1cc(C(=O)Nc2cccc(Cl)c2SC(F)F)cc(OC)c1OCC(N)=O. The van der Waals surface area contributed by atoms with E-state index < -0.39 is 24.2 Å². The number of nitrogens with two attached hydrogens (primary N) is 1. The van der Waals surface area contributed by atoms with Gasteiger partial charge in [0, 0.05) is 5.56 Å². The molecule has 0 heterocycles. The Morgan fingerprint density at radius 2 is 1.83 bits per heavy atom. The van der Waals surface area contributed by atoms with Gasteiger partial charge >= 0.3 is 0 Å². The quantitative estimate of drug-likeness (QED) is 0.568. The van der Waals surface area contributed by atoms with Crippen LogP contribution >= 0.6 is 23.4 Å². The van der Waals surface area contributed by atoms with Gasteiger partial charge in [0.05, 0.1) is 29.8 Å². The van der Waals surface area contributed by atoms with Crippen LogP contribution in [-0.2, 0) is 4.79 Å². The van der Waals surface area contributed by atoms with Gasteiger partial charge in [0.1, 0.15) is 0 Å². The standard InChI is InChI=1S/C18H17ClF2N2O5S/c1-26-12-6-9(7-13(27-2)15(12)28-8-14(22)24)17(25)23-11-5-3-4-10(19)16(11)29-18(20)21/h3-7,18H,8H2,1-2H3,(H2,22,24)(H,23,25). The van der Waals surface area contributed by atoms with Crippen molar-refractivity contribution in [3.8, 4) is 17.2 Å². The van der Waals surface area contributed by atoms with Gasteiger partial charge in [-0.2, -0.15) is 8.78 Å². The second-order valence-electron chi connectivity index (χ2n) is 5.41. The first-order valence-electron chi connectivity index (χ1n) is 7.98. The molecule has 7 nitrogen and oxygen atoms in total. The van der Waals surface area contributed by atoms with Gasteiger partial charge in [-0.3, -0.25) is 9.59 Å². The van der Waals surface area contributed by atoms with Gasteiger partial charge in [-0.1, -0.05) is 29.4 Å². The van der Waals surface area contributed by atoms with Gasteiger partial charge in [-0.25, -0.2) is 0 Å². The van der Waals surface area contributed by atoms with Crippen molar-refractivity contribution in [3.63, 3.8) is 0 Å². The van der Waals surface area contributed by atoms with Crippen LogP contribution in [0.1, 0.15) is 10.4 Å². The van der Waals surface area contributed by atoms with E-state index in [4.69, 9.17) is 31.5 Å². The van der Waals surface area contributed by atoms with Gasteiger partial charge in [-0.15, -0.1) is 0 Å². The molecule has 0 saturated heterocycles. The van der Waals surface area contributed by atoms with Crippen LogP contribution in [0.5, 0.6) is 17.2 Å². The Hall–Kier alpha value is -2.72. The lowest BCUT2D eigenvalue weighted by molar-refractivity contribution is -0.120. The first-order valence-corrected chi connectivity index (χ1v) is 9.24. The topological polar surface area (TPSA) is 99.9 Å². The molecule has 0 saturated carbocycles. The van der Waals surface area contributed by atoms with Crippen LogP contribution in [0.2, 0.25) is 5.02 Å². The Bertz CT molecular complexity index is 889. The molecular formula is C18H17ClF2N2O5S. The molecule has 11 heteroatoms. The second-order valence-corrected chi connectivity index (χ2v) is 6.82. The molecule has 0 atom stereocenters. The fourth-order valence-corrected chi connectivity index (χ4v) is 3.22. The minimum absolute atomic E-state index is 0.0397. The Labute approximate surface area is 174 Å². The van der Waals surface area contributed by atoms with Crippen molar-refractivity contribution in [1.82, 2.24) is 0 Å². The number of methoxy groups -OCH3 is 2. The zero-order chi connectivity index (χ0) is 21.6. The van der Waals surface area contributed by atoms with Crippen molar-refractivity contribution in [1.29, 1.82) is 0 Å². The van der Waals surface area contributed by atoms with E-state index in [2.05, 4.69) is 5.32 Å². The fourth-order valence-electron chi connectivity index (χ4n) is 2.31. The Morgan fingerprint density at radius 3 is 2.34 bits per heavy atom. The first-order chi connectivity index (χ1) is 13.8. The highest BCUT2D eigenvalue weighted by molar-refractivity contribution is 7.99. The summed E-state index contributed by atoms with van der Waals surface area (Å²) in [7, 11) is 2.67. The number of benzene rings is 2. The number of carbonyl (C=O) groups excluding carboxylic acids is 2. The zero-order valence-electron chi connectivity index (χ0n) is 15.3. The third-order valence-electron chi connectivity index (χ3n) is 3.50. The van der Waals surface area contributed by atoms with Crippen molar-refractivity contribution in [2.75, 3.05) is 26.1 Å². The van der Waals surface area contributed by atoms with E-state index in [0.717, 1.165) is 0 Å². The molecule has 0 radical (unpaired) electrons. The van der Waals surface area contributed by atoms with E-state index in [0.29, 0.717) is 0 Å². The summed E-state index contributed by atoms with van der Waals surface area (Å²) in [6.07, 6.45) is 0. The summed E-state index contributed by atoms with van der Waals surface area (Å²) < 4.78 is 41.3. The molecule has 2 aromatic rings. The number of primary amides is 1. The second kappa shape index (κ2) is 10.2. The Kier molecular flexibility index (Phi) is 7.91. The van der Waals surface area contributed by atoms with E-state index >= 15 is 0 Å². The van der Waals surface area contributed by atoms with E-state index in [1.54, 1.807) is 0 Å². The van der Waals surface area contributed by atoms with Gasteiger partial charge in [-0.05, 0) is 24.3 Å². The molecule has 0 fully saturated rings. The summed E-state index contributed by atoms with van der Waals surface area (Å²) in [5.41, 5.74) is 5.29. The number of hydrogen-bond donors (Lipinski definition) is 2. The number of hydrogen-bond acceptors (Lipinski definition) is 6. The maximum Gasteiger partial charge on any atom is 0.289 e. The summed E-state index contributed by atoms with van der Waals surface area (Å²) in [6, 6.07) is 7.11. The minimum Gasteiger partial charge on any atom is -0.493 e. The lowest BCUT2D eigenvalue weighted by Gasteiger charge is -2.16. The van der Waals surface area contributed by atoms with Crippen molar-refractivity contribution in [2.24, 2.45) is 5.73 Å². The molecule has 0 aromatic heterocycles. The van der Waals surface area contributed by atoms with E-state index in [-0.39, 0.29) is 50.2 Å². The molecular weight excluding hydrogens is 430 g/mol. The maximum absolute atomic E-state index is 12.8. The fraction of sp³-hybridized carbons (Fsp3) is 0.222. The molecule has 156 valence electrons. The highest BCUT2D eigenvalue weighted by atomic mass is 35.5. The third kappa shape index (κ3) is 5.88. The summed E-state index contributed by atoms with van der Waals surface area (Å²) in [5.74, 6) is -3.73. The van der Waals surface area contributed by atoms with Crippen LogP contribution < -0.4 is 25.3 Å². The number of nitrogens with one attached hydrogen (secondary N) is 1. The highest BCUT2D eigenvalue weighted by Gasteiger charge is 2.20. The van der Waals surface area contributed by atoms with Crippen LogP contribution in [0.4, 0.5) is 14.5 Å². The van der Waals surface area contributed by atoms with Gasteiger partial charge in [0.25, 0.3) is 17.6 Å². The average molecular weight is 447 g/mol. The number of alkyl halides is 2. The molecule has 29 heavy (non-hydrogen) atoms. The molecule has 2 amide bonds. The minimum atomic E-state index is -2.72. The number of carbonyl (C=O) groups is 2. The van der Waals surface area contributed by atoms with Crippen molar-refractivity contribution >= 4 is 40.9 Å². The van der Waals surface area contributed by atoms with Crippen LogP contribution in [-0.4, -0.2) is 38.4 Å². The van der Waals surface area contributed by atoms with Crippen molar-refractivity contribution in [2.45, 2.75) is 10.7 Å². The summed E-state index contributed by atoms with van der Waals surface area (Å²) in [4.78, 5) is 23.7. The van der Waals surface area contributed by atoms with Crippen LogP contribution in [0, 0.1) is 0 Å². The monoisotopic (exact) mass is 446 g/mol. The molecule has 0 aliphatic heterocycles. The summed E-state index contributed by atoms with van der Waals surface area (Å²) in [5, 5.41) is 2.62. The molecule has 3 N–H and O–H groups in total. The number of amides is 2. The molecule has 0 aliphatic carbocycles. The Morgan fingerprint density at radius 1 is 1.21 bits per heavy atom. The smallest absolute Gasteiger partial charge is 0.289 e. The number of ether oxygens (including phenoxy) is 3. The third-order valence-corrected chi connectivity index (χ3v) is 4.78. The first kappa shape index (κ1) is 22.6. The summed E-state index contributed by atoms with van der Waals surface area (Å²) in [6.45, 7) is -0.422. The molecule has 0 bridgehead atoms. The molecule has 0 unspecified atom stereocenters. The van der Waals surface area contributed by atoms with Gasteiger partial charge < -0.3 is 25.3 Å². The summed E-state index contributed by atoms with van der Waals surface area (Å²) >= 11 is 6.20. The van der Waals surface area contributed by atoms with Crippen LogP contribution in [0.15, 0.2) is 35.2 Å². The van der Waals surface area contributed by atoms with Gasteiger partial charge in [0.15, 0.2) is 18.1 Å². The van der Waals surface area contributed by atoms with Gasteiger partial charge in [0.2, 0.25) is 5.75 Å². The molecule has 0 aliphatic rings. The highest BCUT2D eigenvalue weighted by Crippen LogP contribution is 2.40. The average Bonchev–Trinajstić information content (AvgIpc) is 2.67. The van der Waals surface area contributed by atoms with E-state index in [1.807, 2.05) is 0 Å². The van der Waals surface area contributed by atoms with Crippen LogP contribution in [0.25, 0.3) is 0 Å². The Balaban J connectivity index is 2.37. The predicted molar refractivity (Wildman–Crippen MR) is 106 cm³/mol. The number of thioether (sulfide) groups is 1. The molecule has 2 rings (SSSR count). The molecule has 2 aromatic carbocycles. The van der Waals surface area contributed by atoms with E-state index in [9.17, 15) is 18.4 Å². The van der Waals surface area contributed by atoms with E-state index in [1.165, 1.54) is 44.6 Å². The zero-order valence-corrected chi connectivity index (χ0v) is 16.9. The normalized spacial score (nSPS) is 10.6. The number of anilines is 1. The number of halogens is 3. The van der Waals surface area contributed by atoms with Crippen molar-refractivity contribution in [3.05, 3.63) is 40.9 Å². The number of rotatable bonds is 9. The maximum atomic E-state index is 12.8. The largest absolute Gasteiger partial charge is 0.493 e. The van der Waals surface area contributed by atoms with Crippen molar-refractivity contribution < 1.29 is 32.6 Å².